The molecule has 1 aromatic carbocycles. The molecule has 0 aliphatic rings. The second kappa shape index (κ2) is 7.14. The average molecular weight is 384 g/mol. The monoisotopic (exact) mass is 383 g/mol. The molecule has 0 spiro atoms. The van der Waals surface area contributed by atoms with E-state index in [9.17, 15) is 19.3 Å². The van der Waals surface area contributed by atoms with Gasteiger partial charge < -0.3 is 10.1 Å². The Morgan fingerprint density at radius 3 is 2.83 bits per heavy atom. The SMILES string of the molecule is COC(=O)c1cnc(NCc2ccc(F)cc2Br)c([N+](=O)[O-])c1. The molecule has 1 heterocycles. The maximum absolute atomic E-state index is 13.0. The van der Waals surface area contributed by atoms with Crippen LogP contribution in [0.25, 0.3) is 0 Å². The Morgan fingerprint density at radius 1 is 1.48 bits per heavy atom. The van der Waals surface area contributed by atoms with Gasteiger partial charge in [-0.15, -0.1) is 0 Å². The molecule has 120 valence electrons. The molecule has 0 radical (unpaired) electrons. The van der Waals surface area contributed by atoms with Crippen molar-refractivity contribution >= 4 is 33.4 Å². The van der Waals surface area contributed by atoms with Crippen molar-refractivity contribution in [2.45, 2.75) is 6.54 Å². The van der Waals surface area contributed by atoms with Crippen LogP contribution in [0.1, 0.15) is 15.9 Å². The summed E-state index contributed by atoms with van der Waals surface area (Å²) in [6.45, 7) is 0.187. The number of ether oxygens (including phenoxy) is 1. The molecule has 0 bridgehead atoms. The lowest BCUT2D eigenvalue weighted by Gasteiger charge is -2.09. The van der Waals surface area contributed by atoms with E-state index in [4.69, 9.17) is 0 Å². The van der Waals surface area contributed by atoms with E-state index < -0.39 is 16.7 Å². The maximum atomic E-state index is 13.0. The number of rotatable bonds is 5. The lowest BCUT2D eigenvalue weighted by Crippen LogP contribution is -2.08. The summed E-state index contributed by atoms with van der Waals surface area (Å²) < 4.78 is 18.1. The van der Waals surface area contributed by atoms with Gasteiger partial charge in [0.1, 0.15) is 5.82 Å². The van der Waals surface area contributed by atoms with E-state index in [1.807, 2.05) is 0 Å². The highest BCUT2D eigenvalue weighted by Crippen LogP contribution is 2.25. The molecule has 2 aromatic rings. The fourth-order valence-corrected chi connectivity index (χ4v) is 2.29. The minimum atomic E-state index is -0.714. The fraction of sp³-hybridized carbons (Fsp3) is 0.143. The van der Waals surface area contributed by atoms with Crippen molar-refractivity contribution in [3.8, 4) is 0 Å². The quantitative estimate of drug-likeness (QED) is 0.483. The van der Waals surface area contributed by atoms with E-state index in [0.717, 1.165) is 6.07 Å². The molecular formula is C14H11BrFN3O4. The number of methoxy groups -OCH3 is 1. The second-order valence-corrected chi connectivity index (χ2v) is 5.28. The number of halogens is 2. The van der Waals surface area contributed by atoms with Crippen LogP contribution in [0.2, 0.25) is 0 Å². The number of carbonyl (C=O) groups excluding carboxylic acids is 1. The number of carbonyl (C=O) groups is 1. The Bertz CT molecular complexity index is 770. The molecule has 2 rings (SSSR count). The molecule has 0 saturated carbocycles. The number of esters is 1. The Morgan fingerprint density at radius 2 is 2.22 bits per heavy atom. The number of benzene rings is 1. The van der Waals surface area contributed by atoms with Crippen molar-refractivity contribution in [1.29, 1.82) is 0 Å². The van der Waals surface area contributed by atoms with E-state index >= 15 is 0 Å². The molecule has 0 saturated heterocycles. The van der Waals surface area contributed by atoms with Crippen molar-refractivity contribution < 1.29 is 18.8 Å². The van der Waals surface area contributed by atoms with E-state index in [1.165, 1.54) is 25.4 Å². The molecule has 7 nitrogen and oxygen atoms in total. The van der Waals surface area contributed by atoms with Gasteiger partial charge in [-0.25, -0.2) is 14.2 Å². The number of anilines is 1. The van der Waals surface area contributed by atoms with E-state index in [1.54, 1.807) is 6.07 Å². The number of nitrogens with one attached hydrogen (secondary N) is 1. The van der Waals surface area contributed by atoms with Gasteiger partial charge in [-0.05, 0) is 17.7 Å². The molecule has 0 fully saturated rings. The number of aromatic nitrogens is 1. The molecule has 23 heavy (non-hydrogen) atoms. The zero-order valence-corrected chi connectivity index (χ0v) is 13.5. The topological polar surface area (TPSA) is 94.4 Å². The number of nitrogens with zero attached hydrogens (tertiary/aromatic N) is 2. The highest BCUT2D eigenvalue weighted by Gasteiger charge is 2.19. The lowest BCUT2D eigenvalue weighted by molar-refractivity contribution is -0.384. The zero-order chi connectivity index (χ0) is 17.0. The van der Waals surface area contributed by atoms with Crippen LogP contribution in [0.15, 0.2) is 34.9 Å². The van der Waals surface area contributed by atoms with Crippen molar-refractivity contribution in [3.05, 3.63) is 62.0 Å². The number of hydrogen-bond acceptors (Lipinski definition) is 6. The van der Waals surface area contributed by atoms with Gasteiger partial charge in [0, 0.05) is 23.3 Å². The molecular weight excluding hydrogens is 373 g/mol. The van der Waals surface area contributed by atoms with E-state index in [0.29, 0.717) is 10.0 Å². The maximum Gasteiger partial charge on any atom is 0.339 e. The van der Waals surface area contributed by atoms with Gasteiger partial charge in [0.05, 0.1) is 17.6 Å². The van der Waals surface area contributed by atoms with E-state index in [-0.39, 0.29) is 23.6 Å². The number of nitro groups is 1. The number of pyridine rings is 1. The number of hydrogen-bond donors (Lipinski definition) is 1. The molecule has 0 aliphatic carbocycles. The summed E-state index contributed by atoms with van der Waals surface area (Å²) in [7, 11) is 1.17. The Labute approximate surface area is 138 Å². The molecule has 1 N–H and O–H groups in total. The third-order valence-corrected chi connectivity index (χ3v) is 3.68. The summed E-state index contributed by atoms with van der Waals surface area (Å²) in [6.07, 6.45) is 1.18. The van der Waals surface area contributed by atoms with Crippen molar-refractivity contribution in [2.75, 3.05) is 12.4 Å². The Hall–Kier alpha value is -2.55. The van der Waals surface area contributed by atoms with Crippen LogP contribution in [0.3, 0.4) is 0 Å². The first-order valence-corrected chi connectivity index (χ1v) is 7.12. The zero-order valence-electron chi connectivity index (χ0n) is 11.9. The molecule has 0 aliphatic heterocycles. The van der Waals surface area contributed by atoms with Crippen LogP contribution in [-0.2, 0) is 11.3 Å². The third kappa shape index (κ3) is 4.01. The summed E-state index contributed by atoms with van der Waals surface area (Å²) in [5.74, 6) is -1.11. The van der Waals surface area contributed by atoms with Gasteiger partial charge >= 0.3 is 11.7 Å². The van der Waals surface area contributed by atoms with Crippen LogP contribution < -0.4 is 5.32 Å². The third-order valence-electron chi connectivity index (χ3n) is 2.95. The van der Waals surface area contributed by atoms with Crippen LogP contribution in [-0.4, -0.2) is 23.0 Å². The van der Waals surface area contributed by atoms with Gasteiger partial charge in [-0.2, -0.15) is 0 Å². The molecule has 0 atom stereocenters. The van der Waals surface area contributed by atoms with E-state index in [2.05, 4.69) is 31.0 Å². The molecule has 1 aromatic heterocycles. The minimum Gasteiger partial charge on any atom is -0.465 e. The summed E-state index contributed by atoms with van der Waals surface area (Å²) in [5.41, 5.74) is 0.318. The van der Waals surface area contributed by atoms with Crippen molar-refractivity contribution in [1.82, 2.24) is 4.98 Å². The predicted octanol–water partition coefficient (Wildman–Crippen LogP) is 3.29. The van der Waals surface area contributed by atoms with Crippen LogP contribution in [0.5, 0.6) is 0 Å². The standard InChI is InChI=1S/C14H11BrFN3O4/c1-23-14(20)9-4-12(19(21)22)13(18-7-9)17-6-8-2-3-10(16)5-11(8)15/h2-5,7H,6H2,1H3,(H,17,18). The first kappa shape index (κ1) is 16.8. The summed E-state index contributed by atoms with van der Waals surface area (Å²) in [6, 6.07) is 5.20. The van der Waals surface area contributed by atoms with Gasteiger partial charge in [0.2, 0.25) is 5.82 Å². The molecule has 0 amide bonds. The summed E-state index contributed by atoms with van der Waals surface area (Å²) >= 11 is 3.21. The highest BCUT2D eigenvalue weighted by atomic mass is 79.9. The van der Waals surface area contributed by atoms with Crippen LogP contribution >= 0.6 is 15.9 Å². The predicted molar refractivity (Wildman–Crippen MR) is 83.7 cm³/mol. The van der Waals surface area contributed by atoms with Crippen LogP contribution in [0.4, 0.5) is 15.9 Å². The molecule has 9 heteroatoms. The fourth-order valence-electron chi connectivity index (χ4n) is 1.80. The smallest absolute Gasteiger partial charge is 0.339 e. The molecule has 0 unspecified atom stereocenters. The van der Waals surface area contributed by atoms with Crippen LogP contribution in [0, 0.1) is 15.9 Å². The summed E-state index contributed by atoms with van der Waals surface area (Å²) in [5, 5.41) is 13.9. The van der Waals surface area contributed by atoms with Gasteiger partial charge in [0.15, 0.2) is 0 Å². The normalized spacial score (nSPS) is 10.2. The van der Waals surface area contributed by atoms with Gasteiger partial charge in [-0.3, -0.25) is 10.1 Å². The summed E-state index contributed by atoms with van der Waals surface area (Å²) in [4.78, 5) is 25.8. The lowest BCUT2D eigenvalue weighted by atomic mass is 10.2. The van der Waals surface area contributed by atoms with Crippen molar-refractivity contribution in [3.63, 3.8) is 0 Å². The van der Waals surface area contributed by atoms with Crippen molar-refractivity contribution in [2.24, 2.45) is 0 Å². The largest absolute Gasteiger partial charge is 0.465 e. The Balaban J connectivity index is 2.25. The first-order valence-electron chi connectivity index (χ1n) is 6.33. The second-order valence-electron chi connectivity index (χ2n) is 4.43. The van der Waals surface area contributed by atoms with Gasteiger partial charge in [0.25, 0.3) is 0 Å². The minimum absolute atomic E-state index is 0.00104. The highest BCUT2D eigenvalue weighted by molar-refractivity contribution is 9.10. The Kier molecular flexibility index (Phi) is 5.22. The van der Waals surface area contributed by atoms with Gasteiger partial charge in [-0.1, -0.05) is 22.0 Å². The first-order chi connectivity index (χ1) is 10.9. The average Bonchev–Trinajstić information content (AvgIpc) is 2.53.